The van der Waals surface area contributed by atoms with Crippen molar-refractivity contribution in [3.63, 3.8) is 0 Å². The Bertz CT molecular complexity index is 1310. The number of ether oxygens (including phenoxy) is 2. The number of carboxylic acids is 1. The molecule has 0 bridgehead atoms. The molecule has 0 fully saturated rings. The van der Waals surface area contributed by atoms with Gasteiger partial charge in [-0.1, -0.05) is 48.2 Å². The van der Waals surface area contributed by atoms with Crippen LogP contribution in [0.25, 0.3) is 0 Å². The summed E-state index contributed by atoms with van der Waals surface area (Å²) in [5, 5.41) is 22.3. The minimum absolute atomic E-state index is 0.0556. The van der Waals surface area contributed by atoms with Gasteiger partial charge in [0.1, 0.15) is 12.4 Å². The first kappa shape index (κ1) is 32.1. The number of hydroxylamine groups is 1. The summed E-state index contributed by atoms with van der Waals surface area (Å²) >= 11 is 1.77. The molecule has 1 aliphatic heterocycles. The fraction of sp³-hybridized carbons (Fsp3) is 0.355. The highest BCUT2D eigenvalue weighted by Gasteiger charge is 2.25. The summed E-state index contributed by atoms with van der Waals surface area (Å²) in [6.07, 6.45) is -1.43. The molecule has 230 valence electrons. The zero-order valence-electron chi connectivity index (χ0n) is 24.1. The van der Waals surface area contributed by atoms with Crippen molar-refractivity contribution < 1.29 is 34.8 Å². The largest absolute Gasteiger partial charge is 0.825 e. The highest BCUT2D eigenvalue weighted by atomic mass is 32.2. The van der Waals surface area contributed by atoms with E-state index in [1.165, 1.54) is 21.2 Å². The van der Waals surface area contributed by atoms with Crippen molar-refractivity contribution in [2.24, 2.45) is 16.5 Å². The Hall–Kier alpha value is -3.81. The number of guanidine groups is 1. The number of aliphatic carboxylic acids is 1. The van der Waals surface area contributed by atoms with Crippen molar-refractivity contribution in [2.45, 2.75) is 54.4 Å². The third-order valence-electron chi connectivity index (χ3n) is 6.82. The van der Waals surface area contributed by atoms with Gasteiger partial charge < -0.3 is 36.1 Å². The van der Waals surface area contributed by atoms with Gasteiger partial charge in [0.2, 0.25) is 6.04 Å². The number of hydrogen-bond acceptors (Lipinski definition) is 8. The lowest BCUT2D eigenvalue weighted by Gasteiger charge is -2.32. The van der Waals surface area contributed by atoms with Crippen LogP contribution < -0.4 is 31.7 Å². The van der Waals surface area contributed by atoms with Gasteiger partial charge in [0.25, 0.3) is 0 Å². The zero-order valence-corrected chi connectivity index (χ0v) is 24.9. The second-order valence-electron chi connectivity index (χ2n) is 9.91. The van der Waals surface area contributed by atoms with Crippen molar-refractivity contribution in [3.05, 3.63) is 78.4 Å². The quantitative estimate of drug-likeness (QED) is 0.0583. The van der Waals surface area contributed by atoms with Gasteiger partial charge in [-0.15, -0.1) is 0 Å². The van der Waals surface area contributed by atoms with Crippen LogP contribution >= 0.6 is 11.8 Å². The zero-order chi connectivity index (χ0) is 30.6. The van der Waals surface area contributed by atoms with Crippen LogP contribution in [-0.4, -0.2) is 61.8 Å². The SMILES string of the molecule is CCOC(Cc1ccc(OCCN2c3ccccc3Sc3ccccc32)cc1)C([O-])O[NH2+]C(CCCN=C(N)N)C(=O)O. The van der Waals surface area contributed by atoms with Gasteiger partial charge in [-0.3, -0.25) is 4.99 Å². The van der Waals surface area contributed by atoms with E-state index in [9.17, 15) is 15.0 Å². The fourth-order valence-electron chi connectivity index (χ4n) is 4.71. The molecule has 3 aromatic rings. The Morgan fingerprint density at radius 1 is 1.05 bits per heavy atom. The van der Waals surface area contributed by atoms with Crippen molar-refractivity contribution >= 4 is 35.1 Å². The van der Waals surface area contributed by atoms with Crippen LogP contribution in [0.2, 0.25) is 0 Å². The standard InChI is InChI=1S/C31H38N5O6S/c1-2-40-26(30(39)42-35-23(29(37)38)8-7-17-34-31(32)33)20-21-13-15-22(16-14-21)41-19-18-36-24-9-3-5-11-27(24)43-28-12-6-4-10-25(28)36/h3-6,9-16,23,26,30,35H,2,7-8,17-20H2,1H3,(H,37,38)(H4,32,33,34)/q-1/p+1. The molecule has 0 saturated heterocycles. The van der Waals surface area contributed by atoms with E-state index >= 15 is 0 Å². The minimum atomic E-state index is -1.59. The second kappa shape index (κ2) is 16.1. The Kier molecular flexibility index (Phi) is 12.1. The van der Waals surface area contributed by atoms with Gasteiger partial charge in [-0.05, 0) is 55.3 Å². The maximum absolute atomic E-state index is 12.8. The van der Waals surface area contributed by atoms with Gasteiger partial charge in [0, 0.05) is 35.8 Å². The smallest absolute Gasteiger partial charge is 0.365 e. The van der Waals surface area contributed by atoms with Gasteiger partial charge >= 0.3 is 5.97 Å². The van der Waals surface area contributed by atoms with Crippen molar-refractivity contribution in [2.75, 3.05) is 31.2 Å². The summed E-state index contributed by atoms with van der Waals surface area (Å²) in [6, 6.07) is 23.3. The molecule has 3 atom stereocenters. The lowest BCUT2D eigenvalue weighted by atomic mass is 10.1. The third kappa shape index (κ3) is 9.34. The van der Waals surface area contributed by atoms with Crippen LogP contribution in [0.1, 0.15) is 25.3 Å². The maximum Gasteiger partial charge on any atom is 0.365 e. The molecule has 3 aromatic carbocycles. The van der Waals surface area contributed by atoms with E-state index in [1.54, 1.807) is 18.7 Å². The Morgan fingerprint density at radius 3 is 2.30 bits per heavy atom. The molecule has 43 heavy (non-hydrogen) atoms. The molecule has 7 N–H and O–H groups in total. The number of aliphatic imine (C=N–C) groups is 1. The van der Waals surface area contributed by atoms with Gasteiger partial charge in [0.15, 0.2) is 5.96 Å². The average molecular weight is 610 g/mol. The Morgan fingerprint density at radius 2 is 1.70 bits per heavy atom. The topological polar surface area (TPSA) is 172 Å². The number of rotatable bonds is 17. The molecular weight excluding hydrogens is 570 g/mol. The van der Waals surface area contributed by atoms with Crippen LogP contribution in [0.3, 0.4) is 0 Å². The maximum atomic E-state index is 12.8. The molecule has 0 aliphatic carbocycles. The molecule has 11 nitrogen and oxygen atoms in total. The summed E-state index contributed by atoms with van der Waals surface area (Å²) < 4.78 is 11.7. The van der Waals surface area contributed by atoms with E-state index in [4.69, 9.17) is 25.8 Å². The monoisotopic (exact) mass is 609 g/mol. The number of quaternary nitrogens is 1. The van der Waals surface area contributed by atoms with Gasteiger partial charge in [-0.25, -0.2) is 9.63 Å². The molecule has 0 amide bonds. The van der Waals surface area contributed by atoms with Crippen LogP contribution in [0.5, 0.6) is 5.75 Å². The van der Waals surface area contributed by atoms with E-state index in [1.807, 2.05) is 36.4 Å². The number of nitrogens with two attached hydrogens (primary N) is 3. The van der Waals surface area contributed by atoms with Gasteiger partial charge in [-0.2, -0.15) is 5.48 Å². The molecule has 0 aromatic heterocycles. The number of benzene rings is 3. The van der Waals surface area contributed by atoms with E-state index in [0.29, 0.717) is 39.1 Å². The predicted octanol–water partition coefficient (Wildman–Crippen LogP) is 2.00. The first-order valence-electron chi connectivity index (χ1n) is 14.2. The minimum Gasteiger partial charge on any atom is -0.825 e. The van der Waals surface area contributed by atoms with E-state index in [2.05, 4.69) is 46.3 Å². The number of anilines is 2. The van der Waals surface area contributed by atoms with Crippen molar-refractivity contribution in [3.8, 4) is 5.75 Å². The third-order valence-corrected chi connectivity index (χ3v) is 7.95. The number of carboxylic acid groups (broad SMARTS) is 1. The first-order chi connectivity index (χ1) is 20.9. The van der Waals surface area contributed by atoms with E-state index in [0.717, 1.165) is 16.8 Å². The van der Waals surface area contributed by atoms with E-state index in [-0.39, 0.29) is 12.4 Å². The first-order valence-corrected chi connectivity index (χ1v) is 15.1. The Labute approximate surface area is 255 Å². The molecule has 12 heteroatoms. The van der Waals surface area contributed by atoms with Crippen LogP contribution in [-0.2, 0) is 20.8 Å². The Balaban J connectivity index is 1.29. The predicted molar refractivity (Wildman–Crippen MR) is 163 cm³/mol. The molecular formula is C31H39N5O6S. The van der Waals surface area contributed by atoms with Crippen LogP contribution in [0.4, 0.5) is 11.4 Å². The molecule has 0 spiro atoms. The molecule has 1 aliphatic rings. The molecule has 0 radical (unpaired) electrons. The van der Waals surface area contributed by atoms with Crippen molar-refractivity contribution in [1.29, 1.82) is 0 Å². The number of para-hydroxylation sites is 2. The summed E-state index contributed by atoms with van der Waals surface area (Å²) in [5.74, 6) is -0.425. The highest BCUT2D eigenvalue weighted by Crippen LogP contribution is 2.47. The van der Waals surface area contributed by atoms with Crippen LogP contribution in [0, 0.1) is 0 Å². The number of fused-ring (bicyclic) bond motifs is 2. The van der Waals surface area contributed by atoms with Crippen LogP contribution in [0.15, 0.2) is 87.6 Å². The highest BCUT2D eigenvalue weighted by molar-refractivity contribution is 7.99. The van der Waals surface area contributed by atoms with Crippen molar-refractivity contribution in [1.82, 2.24) is 0 Å². The van der Waals surface area contributed by atoms with E-state index < -0.39 is 24.4 Å². The number of nitrogens with zero attached hydrogens (tertiary/aromatic N) is 2. The lowest BCUT2D eigenvalue weighted by molar-refractivity contribution is -0.946. The van der Waals surface area contributed by atoms with Gasteiger partial charge in [0.05, 0.1) is 30.3 Å². The number of carbonyl (C=O) groups is 1. The summed E-state index contributed by atoms with van der Waals surface area (Å²) in [5.41, 5.74) is 14.9. The summed E-state index contributed by atoms with van der Waals surface area (Å²) in [4.78, 5) is 25.5. The summed E-state index contributed by atoms with van der Waals surface area (Å²) in [6.45, 7) is 3.57. The fourth-order valence-corrected chi connectivity index (χ4v) is 5.80. The average Bonchev–Trinajstić information content (AvgIpc) is 3.00. The molecule has 0 saturated carbocycles. The number of hydrogen-bond donors (Lipinski definition) is 4. The lowest BCUT2D eigenvalue weighted by Crippen LogP contribution is -2.93. The second-order valence-corrected chi connectivity index (χ2v) is 11.0. The molecule has 4 rings (SSSR count). The molecule has 3 unspecified atom stereocenters. The normalized spacial score (nSPS) is 14.2. The molecule has 1 heterocycles. The summed E-state index contributed by atoms with van der Waals surface area (Å²) in [7, 11) is 0.